The van der Waals surface area contributed by atoms with E-state index in [9.17, 15) is 4.79 Å². The molecule has 0 radical (unpaired) electrons. The van der Waals surface area contributed by atoms with Gasteiger partial charge < -0.3 is 10.0 Å². The van der Waals surface area contributed by atoms with Crippen LogP contribution in [0.5, 0.6) is 0 Å². The van der Waals surface area contributed by atoms with Crippen LogP contribution in [0.2, 0.25) is 0 Å². The Balaban J connectivity index is 1.70. The van der Waals surface area contributed by atoms with Gasteiger partial charge in [0.2, 0.25) is 0 Å². The number of hydrogen-bond acceptors (Lipinski definition) is 5. The Morgan fingerprint density at radius 2 is 2.16 bits per heavy atom. The largest absolute Gasteiger partial charge is 0.384 e. The molecule has 1 aliphatic heterocycles. The molecule has 0 spiro atoms. The van der Waals surface area contributed by atoms with E-state index in [1.165, 1.54) is 16.2 Å². The molecule has 2 aromatic heterocycles. The minimum atomic E-state index is -0.103. The van der Waals surface area contributed by atoms with E-state index in [1.807, 2.05) is 12.1 Å². The summed E-state index contributed by atoms with van der Waals surface area (Å²) >= 11 is 3.30. The zero-order valence-corrected chi connectivity index (χ0v) is 16.1. The molecular formula is C19H22N2O2S2. The predicted octanol–water partition coefficient (Wildman–Crippen LogP) is 3.19. The van der Waals surface area contributed by atoms with Crippen LogP contribution in [0, 0.1) is 11.8 Å². The third kappa shape index (κ3) is 4.31. The minimum absolute atomic E-state index is 0.0751. The lowest BCUT2D eigenvalue weighted by Gasteiger charge is -2.22. The van der Waals surface area contributed by atoms with E-state index in [0.717, 1.165) is 29.3 Å². The van der Waals surface area contributed by atoms with Gasteiger partial charge in [-0.3, -0.25) is 9.69 Å². The molecule has 0 saturated carbocycles. The number of likely N-dealkylation sites (tertiary alicyclic amines) is 1. The molecule has 1 N–H and O–H groups in total. The number of nitrogens with zero attached hydrogens (tertiary/aromatic N) is 2. The average molecular weight is 375 g/mol. The second-order valence-electron chi connectivity index (χ2n) is 6.26. The maximum absolute atomic E-state index is 12.1. The second kappa shape index (κ2) is 8.15. The van der Waals surface area contributed by atoms with Crippen molar-refractivity contribution in [2.24, 2.45) is 0 Å². The zero-order chi connectivity index (χ0) is 17.8. The fourth-order valence-electron chi connectivity index (χ4n) is 3.06. The third-order valence-corrected chi connectivity index (χ3v) is 6.41. The van der Waals surface area contributed by atoms with Crippen LogP contribution < -0.4 is 0 Å². The molecule has 1 atom stereocenters. The normalized spacial score (nSPS) is 17.3. The van der Waals surface area contributed by atoms with Crippen LogP contribution in [0.4, 0.5) is 0 Å². The van der Waals surface area contributed by atoms with Gasteiger partial charge in [-0.1, -0.05) is 11.8 Å². The van der Waals surface area contributed by atoms with E-state index in [1.54, 1.807) is 41.7 Å². The van der Waals surface area contributed by atoms with Crippen molar-refractivity contribution >= 4 is 28.6 Å². The molecule has 0 bridgehead atoms. The number of thiophene rings is 2. The quantitative estimate of drug-likeness (QED) is 0.836. The van der Waals surface area contributed by atoms with Gasteiger partial charge in [0, 0.05) is 36.4 Å². The molecule has 1 fully saturated rings. The third-order valence-electron chi connectivity index (χ3n) is 4.25. The molecule has 1 aliphatic rings. The van der Waals surface area contributed by atoms with Crippen molar-refractivity contribution in [3.05, 3.63) is 43.8 Å². The summed E-state index contributed by atoms with van der Waals surface area (Å²) in [6.45, 7) is 1.88. The van der Waals surface area contributed by atoms with Crippen molar-refractivity contribution in [1.82, 2.24) is 9.80 Å². The molecule has 0 aliphatic carbocycles. The van der Waals surface area contributed by atoms with E-state index < -0.39 is 0 Å². The van der Waals surface area contributed by atoms with Gasteiger partial charge in [-0.05, 0) is 43.7 Å². The molecular weight excluding hydrogens is 352 g/mol. The first-order valence-corrected chi connectivity index (χ1v) is 9.95. The lowest BCUT2D eigenvalue weighted by Crippen LogP contribution is -2.22. The van der Waals surface area contributed by atoms with Crippen molar-refractivity contribution in [3.8, 4) is 11.8 Å². The molecule has 4 nitrogen and oxygen atoms in total. The number of carbonyl (C=O) groups is 1. The van der Waals surface area contributed by atoms with Crippen molar-refractivity contribution < 1.29 is 9.90 Å². The topological polar surface area (TPSA) is 43.8 Å². The Morgan fingerprint density at radius 3 is 2.92 bits per heavy atom. The fraction of sp³-hybridized carbons (Fsp3) is 0.421. The summed E-state index contributed by atoms with van der Waals surface area (Å²) in [5.74, 6) is 5.74. The second-order valence-corrected chi connectivity index (χ2v) is 8.54. The smallest absolute Gasteiger partial charge is 0.263 e. The summed E-state index contributed by atoms with van der Waals surface area (Å²) in [7, 11) is 3.58. The highest BCUT2D eigenvalue weighted by Crippen LogP contribution is 2.37. The van der Waals surface area contributed by atoms with Gasteiger partial charge in [-0.15, -0.1) is 22.7 Å². The molecule has 3 heterocycles. The molecule has 1 amide bonds. The monoisotopic (exact) mass is 374 g/mol. The van der Waals surface area contributed by atoms with Crippen molar-refractivity contribution in [2.45, 2.75) is 25.4 Å². The molecule has 3 rings (SSSR count). The number of amides is 1. The first-order chi connectivity index (χ1) is 12.1. The number of aliphatic hydroxyl groups excluding tert-OH is 1. The highest BCUT2D eigenvalue weighted by atomic mass is 32.1. The maximum Gasteiger partial charge on any atom is 0.263 e. The summed E-state index contributed by atoms with van der Waals surface area (Å²) in [6, 6.07) is 8.59. The van der Waals surface area contributed by atoms with Crippen LogP contribution in [0.15, 0.2) is 24.3 Å². The highest BCUT2D eigenvalue weighted by molar-refractivity contribution is 7.14. The highest BCUT2D eigenvalue weighted by Gasteiger charge is 2.28. The summed E-state index contributed by atoms with van der Waals surface area (Å²) in [4.78, 5) is 20.6. The summed E-state index contributed by atoms with van der Waals surface area (Å²) in [5.41, 5.74) is 0. The van der Waals surface area contributed by atoms with Gasteiger partial charge in [-0.2, -0.15) is 0 Å². The average Bonchev–Trinajstić information content (AvgIpc) is 3.33. The fourth-order valence-corrected chi connectivity index (χ4v) is 5.17. The Bertz CT molecular complexity index is 798. The Kier molecular flexibility index (Phi) is 5.92. The Labute approximate surface area is 156 Å². The first kappa shape index (κ1) is 18.2. The summed E-state index contributed by atoms with van der Waals surface area (Å²) < 4.78 is 0. The van der Waals surface area contributed by atoms with E-state index >= 15 is 0 Å². The molecule has 1 saturated heterocycles. The number of rotatable bonds is 4. The molecule has 25 heavy (non-hydrogen) atoms. The van der Waals surface area contributed by atoms with Crippen LogP contribution in [-0.4, -0.2) is 48.1 Å². The van der Waals surface area contributed by atoms with Gasteiger partial charge in [0.15, 0.2) is 0 Å². The molecule has 0 unspecified atom stereocenters. The number of aliphatic hydroxyl groups is 1. The van der Waals surface area contributed by atoms with E-state index in [2.05, 4.69) is 28.9 Å². The number of hydrogen-bond donors (Lipinski definition) is 1. The molecule has 0 aromatic carbocycles. The lowest BCUT2D eigenvalue weighted by atomic mass is 10.2. The molecule has 2 aromatic rings. The Morgan fingerprint density at radius 1 is 1.32 bits per heavy atom. The first-order valence-electron chi connectivity index (χ1n) is 8.32. The van der Waals surface area contributed by atoms with E-state index in [4.69, 9.17) is 5.11 Å². The van der Waals surface area contributed by atoms with Crippen molar-refractivity contribution in [2.75, 3.05) is 27.2 Å². The summed E-state index contributed by atoms with van der Waals surface area (Å²) in [5, 5.41) is 8.80. The van der Waals surface area contributed by atoms with Gasteiger partial charge in [0.25, 0.3) is 5.91 Å². The van der Waals surface area contributed by atoms with Crippen LogP contribution in [0.1, 0.15) is 43.2 Å². The molecule has 6 heteroatoms. The molecule has 132 valence electrons. The van der Waals surface area contributed by atoms with Gasteiger partial charge in [0.05, 0.1) is 9.75 Å². The standard InChI is InChI=1S/C19H22N2O2S2/c1-20(2)19(23)18-10-9-17(25-18)16-6-3-11-21(16)13-15-8-7-14(24-15)5-4-12-22/h7-10,16,22H,3,6,11-13H2,1-2H3/t16-/m1/s1. The zero-order valence-electron chi connectivity index (χ0n) is 14.5. The van der Waals surface area contributed by atoms with E-state index in [-0.39, 0.29) is 12.5 Å². The van der Waals surface area contributed by atoms with E-state index in [0.29, 0.717) is 6.04 Å². The van der Waals surface area contributed by atoms with Crippen LogP contribution in [0.25, 0.3) is 0 Å². The van der Waals surface area contributed by atoms with Crippen LogP contribution in [0.3, 0.4) is 0 Å². The van der Waals surface area contributed by atoms with Crippen LogP contribution in [-0.2, 0) is 6.54 Å². The van der Waals surface area contributed by atoms with Gasteiger partial charge in [-0.25, -0.2) is 0 Å². The van der Waals surface area contributed by atoms with Crippen molar-refractivity contribution in [3.63, 3.8) is 0 Å². The summed E-state index contributed by atoms with van der Waals surface area (Å²) in [6.07, 6.45) is 2.32. The predicted molar refractivity (Wildman–Crippen MR) is 103 cm³/mol. The lowest BCUT2D eigenvalue weighted by molar-refractivity contribution is 0.0832. The van der Waals surface area contributed by atoms with Gasteiger partial charge >= 0.3 is 0 Å². The SMILES string of the molecule is CN(C)C(=O)c1ccc([C@H]2CCCN2Cc2ccc(C#CCO)s2)s1. The van der Waals surface area contributed by atoms with Gasteiger partial charge in [0.1, 0.15) is 6.61 Å². The Hall–Kier alpha value is -1.65. The van der Waals surface area contributed by atoms with Crippen LogP contribution >= 0.6 is 22.7 Å². The number of carbonyl (C=O) groups excluding carboxylic acids is 1. The maximum atomic E-state index is 12.1. The minimum Gasteiger partial charge on any atom is -0.384 e. The van der Waals surface area contributed by atoms with Crippen molar-refractivity contribution in [1.29, 1.82) is 0 Å².